The molecule has 170 valence electrons. The molecular weight excluding hydrogens is 380 g/mol. The number of carboxylic acids is 1. The second-order valence-electron chi connectivity index (χ2n) is 9.39. The van der Waals surface area contributed by atoms with Crippen LogP contribution in [0.3, 0.4) is 0 Å². The molecule has 6 atom stereocenters. The Morgan fingerprint density at radius 2 is 1.86 bits per heavy atom. The Balaban J connectivity index is 0.000000304. The molecular formula is C20H38N2O7. The molecule has 2 rings (SSSR count). The number of hydrogen-bond acceptors (Lipinski definition) is 7. The Kier molecular flexibility index (Phi) is 8.89. The fourth-order valence-corrected chi connectivity index (χ4v) is 3.29. The Bertz CT molecular complexity index is 544. The van der Waals surface area contributed by atoms with Crippen molar-refractivity contribution >= 4 is 12.1 Å². The van der Waals surface area contributed by atoms with E-state index in [9.17, 15) is 19.8 Å². The summed E-state index contributed by atoms with van der Waals surface area (Å²) in [7, 11) is 0. The zero-order valence-electron chi connectivity index (χ0n) is 18.7. The van der Waals surface area contributed by atoms with Crippen molar-refractivity contribution in [2.24, 2.45) is 5.92 Å². The van der Waals surface area contributed by atoms with Crippen LogP contribution in [0.15, 0.2) is 0 Å². The normalized spacial score (nSPS) is 29.8. The van der Waals surface area contributed by atoms with Crippen molar-refractivity contribution in [2.45, 2.75) is 110 Å². The highest BCUT2D eigenvalue weighted by atomic mass is 16.8. The van der Waals surface area contributed by atoms with Crippen LogP contribution in [0.25, 0.3) is 0 Å². The first-order chi connectivity index (χ1) is 13.1. The van der Waals surface area contributed by atoms with Gasteiger partial charge in [-0.15, -0.1) is 0 Å². The quantitative estimate of drug-likeness (QED) is 0.567. The number of carbonyl (C=O) groups is 2. The minimum absolute atomic E-state index is 0.0185. The van der Waals surface area contributed by atoms with E-state index in [4.69, 9.17) is 14.2 Å². The molecule has 0 bridgehead atoms. The van der Waals surface area contributed by atoms with Crippen LogP contribution in [0, 0.1) is 5.92 Å². The van der Waals surface area contributed by atoms with E-state index >= 15 is 0 Å². The molecule has 9 heteroatoms. The summed E-state index contributed by atoms with van der Waals surface area (Å²) in [5, 5.41) is 22.7. The molecule has 2 aliphatic rings. The molecule has 2 unspecified atom stereocenters. The van der Waals surface area contributed by atoms with E-state index in [1.165, 1.54) is 0 Å². The van der Waals surface area contributed by atoms with E-state index in [0.29, 0.717) is 12.8 Å². The van der Waals surface area contributed by atoms with Crippen molar-refractivity contribution in [3.63, 3.8) is 0 Å². The third kappa shape index (κ3) is 8.46. The fraction of sp³-hybridized carbons (Fsp3) is 0.900. The number of carbonyl (C=O) groups excluding carboxylic acids is 2. The molecule has 1 heterocycles. The van der Waals surface area contributed by atoms with Gasteiger partial charge in [0.1, 0.15) is 23.9 Å². The number of aliphatic hydroxyl groups excluding tert-OH is 1. The van der Waals surface area contributed by atoms with Crippen LogP contribution in [0.2, 0.25) is 0 Å². The predicted molar refractivity (Wildman–Crippen MR) is 103 cm³/mol. The maximum atomic E-state index is 11.4. The lowest BCUT2D eigenvalue weighted by Crippen LogP contribution is -2.65. The molecule has 1 saturated carbocycles. The van der Waals surface area contributed by atoms with Gasteiger partial charge in [0.25, 0.3) is 0 Å². The highest BCUT2D eigenvalue weighted by Gasteiger charge is 2.54. The molecule has 1 saturated heterocycles. The van der Waals surface area contributed by atoms with E-state index < -0.39 is 35.6 Å². The first kappa shape index (κ1) is 25.6. The molecule has 2 fully saturated rings. The molecule has 5 N–H and O–H groups in total. The van der Waals surface area contributed by atoms with Crippen molar-refractivity contribution in [1.82, 2.24) is 5.32 Å². The topological polar surface area (TPSA) is 145 Å². The minimum atomic E-state index is -1.28. The number of quaternary nitrogens is 1. The average Bonchev–Trinajstić information content (AvgIpc) is 3.00. The SMILES string of the molecule is CC1(C)OC2[C@H]([NH3+])C[C@H](O)[C@H]2O1.CCC(C)C[C@H](NC(=O)OC(C)(C)C)C(=O)[O-]. The first-order valence-electron chi connectivity index (χ1n) is 10.2. The van der Waals surface area contributed by atoms with E-state index in [1.54, 1.807) is 20.8 Å². The molecule has 0 aromatic heterocycles. The molecule has 1 aliphatic heterocycles. The number of nitrogens with one attached hydrogen (secondary N) is 1. The maximum absolute atomic E-state index is 11.4. The van der Waals surface area contributed by atoms with Gasteiger partial charge in [0.05, 0.1) is 18.1 Å². The van der Waals surface area contributed by atoms with Gasteiger partial charge in [0.2, 0.25) is 0 Å². The summed E-state index contributed by atoms with van der Waals surface area (Å²) < 4.78 is 16.1. The highest BCUT2D eigenvalue weighted by molar-refractivity contribution is 5.78. The number of carboxylic acid groups (broad SMARTS) is 1. The summed E-state index contributed by atoms with van der Waals surface area (Å²) in [4.78, 5) is 22.3. The Hall–Kier alpha value is -1.42. The van der Waals surface area contributed by atoms with E-state index in [0.717, 1.165) is 6.42 Å². The smallest absolute Gasteiger partial charge is 0.408 e. The number of aliphatic carboxylic acids is 1. The van der Waals surface area contributed by atoms with Gasteiger partial charge in [-0.1, -0.05) is 20.3 Å². The fourth-order valence-electron chi connectivity index (χ4n) is 3.29. The largest absolute Gasteiger partial charge is 0.548 e. The zero-order chi connectivity index (χ0) is 22.6. The minimum Gasteiger partial charge on any atom is -0.548 e. The summed E-state index contributed by atoms with van der Waals surface area (Å²) in [6, 6.07) is -0.841. The molecule has 1 aliphatic carbocycles. The van der Waals surface area contributed by atoms with Crippen LogP contribution in [0.5, 0.6) is 0 Å². The van der Waals surface area contributed by atoms with Crippen molar-refractivity contribution in [3.8, 4) is 0 Å². The van der Waals surface area contributed by atoms with Crippen LogP contribution in [0.4, 0.5) is 4.79 Å². The van der Waals surface area contributed by atoms with Crippen LogP contribution in [0.1, 0.15) is 67.7 Å². The Morgan fingerprint density at radius 1 is 1.31 bits per heavy atom. The van der Waals surface area contributed by atoms with Gasteiger partial charge >= 0.3 is 6.09 Å². The molecule has 0 radical (unpaired) electrons. The number of aliphatic hydroxyl groups is 1. The lowest BCUT2D eigenvalue weighted by atomic mass is 9.99. The molecule has 0 aromatic carbocycles. The number of fused-ring (bicyclic) bond motifs is 1. The predicted octanol–water partition coefficient (Wildman–Crippen LogP) is -0.0526. The molecule has 9 nitrogen and oxygen atoms in total. The number of hydrogen-bond donors (Lipinski definition) is 3. The Morgan fingerprint density at radius 3 is 2.31 bits per heavy atom. The van der Waals surface area contributed by atoms with Crippen LogP contribution in [-0.2, 0) is 19.0 Å². The van der Waals surface area contributed by atoms with Crippen molar-refractivity contribution in [1.29, 1.82) is 0 Å². The van der Waals surface area contributed by atoms with Gasteiger partial charge < -0.3 is 40.3 Å². The van der Waals surface area contributed by atoms with Crippen LogP contribution in [-0.4, -0.2) is 59.0 Å². The maximum Gasteiger partial charge on any atom is 0.408 e. The lowest BCUT2D eigenvalue weighted by Gasteiger charge is -2.25. The monoisotopic (exact) mass is 418 g/mol. The number of rotatable bonds is 5. The average molecular weight is 419 g/mol. The summed E-state index contributed by atoms with van der Waals surface area (Å²) >= 11 is 0. The summed E-state index contributed by atoms with van der Waals surface area (Å²) in [6.45, 7) is 12.8. The second-order valence-corrected chi connectivity index (χ2v) is 9.39. The van der Waals surface area contributed by atoms with Gasteiger partial charge in [-0.05, 0) is 47.0 Å². The number of amides is 1. The van der Waals surface area contributed by atoms with Gasteiger partial charge in [0, 0.05) is 6.42 Å². The summed E-state index contributed by atoms with van der Waals surface area (Å²) in [5.74, 6) is -1.63. The Labute approximate surface area is 173 Å². The van der Waals surface area contributed by atoms with Crippen molar-refractivity contribution in [3.05, 3.63) is 0 Å². The summed E-state index contributed by atoms with van der Waals surface area (Å²) in [6.07, 6.45) is 0.565. The standard InChI is InChI=1S/C12H23NO4.C8H15NO3/c1-6-8(2)7-9(10(14)15)13-11(16)17-12(3,4)5;1-8(2)11-6-4(9)3-5(10)7(6)12-8/h8-9H,6-7H2,1-5H3,(H,13,16)(H,14,15);4-7,10H,3,9H2,1-2H3/t8?,9-;4-,5+,6?,7-/m01/s1. The van der Waals surface area contributed by atoms with Gasteiger partial charge in [-0.3, -0.25) is 0 Å². The molecule has 1 amide bonds. The third-order valence-corrected chi connectivity index (χ3v) is 4.86. The van der Waals surface area contributed by atoms with Crippen LogP contribution >= 0.6 is 0 Å². The molecule has 0 spiro atoms. The number of alkyl carbamates (subject to hydrolysis) is 1. The van der Waals surface area contributed by atoms with E-state index in [-0.39, 0.29) is 24.2 Å². The highest BCUT2D eigenvalue weighted by Crippen LogP contribution is 2.36. The van der Waals surface area contributed by atoms with Gasteiger partial charge in [-0.25, -0.2) is 4.79 Å². The van der Waals surface area contributed by atoms with E-state index in [2.05, 4.69) is 11.1 Å². The lowest BCUT2D eigenvalue weighted by molar-refractivity contribution is -0.436. The third-order valence-electron chi connectivity index (χ3n) is 4.86. The van der Waals surface area contributed by atoms with Crippen molar-refractivity contribution in [2.75, 3.05) is 0 Å². The molecule has 0 aromatic rings. The van der Waals surface area contributed by atoms with Crippen molar-refractivity contribution < 1.29 is 39.7 Å². The van der Waals surface area contributed by atoms with Gasteiger partial charge in [-0.2, -0.15) is 0 Å². The zero-order valence-corrected chi connectivity index (χ0v) is 18.7. The first-order valence-corrected chi connectivity index (χ1v) is 10.2. The number of ether oxygens (including phenoxy) is 3. The van der Waals surface area contributed by atoms with Crippen LogP contribution < -0.4 is 16.2 Å². The molecule has 29 heavy (non-hydrogen) atoms. The van der Waals surface area contributed by atoms with Gasteiger partial charge in [0.15, 0.2) is 5.79 Å². The summed E-state index contributed by atoms with van der Waals surface area (Å²) in [5.41, 5.74) is 3.29. The van der Waals surface area contributed by atoms with E-state index in [1.807, 2.05) is 27.7 Å². The second kappa shape index (κ2) is 10.1.